The molecular formula is C13H17N3O3. The van der Waals surface area contributed by atoms with Crippen LogP contribution in [0.2, 0.25) is 0 Å². The standard InChI is InChI=1S/C13H17N3O3/c1-14-11-9-10(5-6-12(11)16(18)19)13(17)15-7-3-2-4-8-15/h5-6,9,14H,2-4,7-8H2,1H3. The van der Waals surface area contributed by atoms with E-state index in [1.807, 2.05) is 4.90 Å². The van der Waals surface area contributed by atoms with Gasteiger partial charge in [0.25, 0.3) is 11.6 Å². The van der Waals surface area contributed by atoms with Crippen molar-refractivity contribution in [3.63, 3.8) is 0 Å². The minimum absolute atomic E-state index is 0.0160. The van der Waals surface area contributed by atoms with E-state index < -0.39 is 4.92 Å². The third kappa shape index (κ3) is 2.83. The summed E-state index contributed by atoms with van der Waals surface area (Å²) in [6, 6.07) is 4.45. The first-order chi connectivity index (χ1) is 9.13. The zero-order valence-corrected chi connectivity index (χ0v) is 10.9. The average Bonchev–Trinajstić information content (AvgIpc) is 2.46. The fraction of sp³-hybridized carbons (Fsp3) is 0.462. The zero-order valence-electron chi connectivity index (χ0n) is 10.9. The number of nitrogens with zero attached hydrogens (tertiary/aromatic N) is 2. The van der Waals surface area contributed by atoms with E-state index in [9.17, 15) is 14.9 Å². The van der Waals surface area contributed by atoms with Gasteiger partial charge in [0.15, 0.2) is 0 Å². The Bertz CT molecular complexity index is 496. The van der Waals surface area contributed by atoms with Crippen LogP contribution in [0.15, 0.2) is 18.2 Å². The Morgan fingerprint density at radius 3 is 2.58 bits per heavy atom. The number of nitro benzene ring substituents is 1. The quantitative estimate of drug-likeness (QED) is 0.670. The Balaban J connectivity index is 2.24. The van der Waals surface area contributed by atoms with Gasteiger partial charge in [-0.2, -0.15) is 0 Å². The largest absolute Gasteiger partial charge is 0.383 e. The van der Waals surface area contributed by atoms with Crippen LogP contribution in [-0.2, 0) is 0 Å². The van der Waals surface area contributed by atoms with Gasteiger partial charge in [-0.3, -0.25) is 14.9 Å². The maximum absolute atomic E-state index is 12.3. The third-order valence-corrected chi connectivity index (χ3v) is 3.35. The molecule has 0 saturated carbocycles. The molecule has 1 amide bonds. The van der Waals surface area contributed by atoms with Crippen LogP contribution in [0.4, 0.5) is 11.4 Å². The highest BCUT2D eigenvalue weighted by Gasteiger charge is 2.21. The summed E-state index contributed by atoms with van der Waals surface area (Å²) in [7, 11) is 1.61. The number of carbonyl (C=O) groups is 1. The second-order valence-corrected chi connectivity index (χ2v) is 4.59. The van der Waals surface area contributed by atoms with Gasteiger partial charge in [-0.05, 0) is 31.4 Å². The molecule has 102 valence electrons. The first-order valence-electron chi connectivity index (χ1n) is 6.39. The SMILES string of the molecule is CNc1cc(C(=O)N2CCCCC2)ccc1[N+](=O)[O-]. The summed E-state index contributed by atoms with van der Waals surface area (Å²) in [5.41, 5.74) is 0.849. The summed E-state index contributed by atoms with van der Waals surface area (Å²) in [4.78, 5) is 24.5. The Labute approximate surface area is 111 Å². The zero-order chi connectivity index (χ0) is 13.8. The molecule has 0 radical (unpaired) electrons. The van der Waals surface area contributed by atoms with E-state index in [2.05, 4.69) is 5.32 Å². The van der Waals surface area contributed by atoms with Crippen LogP contribution in [0.1, 0.15) is 29.6 Å². The molecule has 0 aromatic heterocycles. The van der Waals surface area contributed by atoms with Crippen LogP contribution in [0, 0.1) is 10.1 Å². The number of rotatable bonds is 3. The molecular weight excluding hydrogens is 246 g/mol. The van der Waals surface area contributed by atoms with E-state index >= 15 is 0 Å². The number of amides is 1. The number of nitro groups is 1. The van der Waals surface area contributed by atoms with E-state index in [-0.39, 0.29) is 11.6 Å². The number of anilines is 1. The van der Waals surface area contributed by atoms with E-state index in [4.69, 9.17) is 0 Å². The molecule has 1 aliphatic heterocycles. The monoisotopic (exact) mass is 263 g/mol. The molecule has 1 aromatic carbocycles. The Morgan fingerprint density at radius 1 is 1.32 bits per heavy atom. The molecule has 0 aliphatic carbocycles. The van der Waals surface area contributed by atoms with Gasteiger partial charge in [0.2, 0.25) is 0 Å². The smallest absolute Gasteiger partial charge is 0.292 e. The molecule has 1 aromatic rings. The molecule has 2 rings (SSSR count). The molecule has 1 saturated heterocycles. The predicted molar refractivity (Wildman–Crippen MR) is 72.4 cm³/mol. The van der Waals surface area contributed by atoms with Crippen molar-refractivity contribution in [3.8, 4) is 0 Å². The van der Waals surface area contributed by atoms with Gasteiger partial charge in [0.05, 0.1) is 4.92 Å². The summed E-state index contributed by atoms with van der Waals surface area (Å²) in [5.74, 6) is -0.0499. The summed E-state index contributed by atoms with van der Waals surface area (Å²) >= 11 is 0. The van der Waals surface area contributed by atoms with E-state index in [0.29, 0.717) is 11.3 Å². The van der Waals surface area contributed by atoms with E-state index in [1.54, 1.807) is 13.1 Å². The van der Waals surface area contributed by atoms with Gasteiger partial charge in [0.1, 0.15) is 5.69 Å². The number of benzene rings is 1. The number of carbonyl (C=O) groups excluding carboxylic acids is 1. The molecule has 0 spiro atoms. The second kappa shape index (κ2) is 5.69. The summed E-state index contributed by atoms with van der Waals surface area (Å²) in [6.45, 7) is 1.54. The number of hydrogen-bond donors (Lipinski definition) is 1. The lowest BCUT2D eigenvalue weighted by Crippen LogP contribution is -2.35. The van der Waals surface area contributed by atoms with Crippen LogP contribution in [-0.4, -0.2) is 35.9 Å². The maximum Gasteiger partial charge on any atom is 0.292 e. The van der Waals surface area contributed by atoms with Gasteiger partial charge in [-0.1, -0.05) is 0 Å². The van der Waals surface area contributed by atoms with Crippen LogP contribution >= 0.6 is 0 Å². The lowest BCUT2D eigenvalue weighted by Gasteiger charge is -2.26. The summed E-state index contributed by atoms with van der Waals surface area (Å²) in [5, 5.41) is 13.6. The number of hydrogen-bond acceptors (Lipinski definition) is 4. The predicted octanol–water partition coefficient (Wildman–Crippen LogP) is 2.26. The van der Waals surface area contributed by atoms with Crippen LogP contribution < -0.4 is 5.32 Å². The molecule has 6 heteroatoms. The molecule has 6 nitrogen and oxygen atoms in total. The molecule has 1 fully saturated rings. The first-order valence-corrected chi connectivity index (χ1v) is 6.39. The molecule has 1 N–H and O–H groups in total. The highest BCUT2D eigenvalue weighted by atomic mass is 16.6. The van der Waals surface area contributed by atoms with Crippen LogP contribution in [0.25, 0.3) is 0 Å². The van der Waals surface area contributed by atoms with Gasteiger partial charge >= 0.3 is 0 Å². The Hall–Kier alpha value is -2.11. The van der Waals surface area contributed by atoms with Crippen molar-refractivity contribution in [2.45, 2.75) is 19.3 Å². The minimum atomic E-state index is -0.457. The third-order valence-electron chi connectivity index (χ3n) is 3.35. The average molecular weight is 263 g/mol. The lowest BCUT2D eigenvalue weighted by molar-refractivity contribution is -0.383. The fourth-order valence-electron chi connectivity index (χ4n) is 2.31. The minimum Gasteiger partial charge on any atom is -0.383 e. The van der Waals surface area contributed by atoms with Crippen molar-refractivity contribution in [2.75, 3.05) is 25.5 Å². The van der Waals surface area contributed by atoms with E-state index in [1.165, 1.54) is 12.1 Å². The topological polar surface area (TPSA) is 75.5 Å². The van der Waals surface area contributed by atoms with Crippen molar-refractivity contribution >= 4 is 17.3 Å². The normalized spacial score (nSPS) is 15.1. The van der Waals surface area contributed by atoms with Gasteiger partial charge in [0, 0.05) is 31.8 Å². The molecule has 1 aliphatic rings. The maximum atomic E-state index is 12.3. The fourth-order valence-corrected chi connectivity index (χ4v) is 2.31. The van der Waals surface area contributed by atoms with Crippen molar-refractivity contribution < 1.29 is 9.72 Å². The Kier molecular flexibility index (Phi) is 3.99. The number of piperidine rings is 1. The lowest BCUT2D eigenvalue weighted by atomic mass is 10.1. The van der Waals surface area contributed by atoms with Crippen molar-refractivity contribution in [3.05, 3.63) is 33.9 Å². The summed E-state index contributed by atoms with van der Waals surface area (Å²) in [6.07, 6.45) is 3.21. The molecule has 1 heterocycles. The Morgan fingerprint density at radius 2 is 2.00 bits per heavy atom. The highest BCUT2D eigenvalue weighted by molar-refractivity contribution is 5.96. The van der Waals surface area contributed by atoms with Crippen LogP contribution in [0.3, 0.4) is 0 Å². The number of likely N-dealkylation sites (tertiary alicyclic amines) is 1. The van der Waals surface area contributed by atoms with E-state index in [0.717, 1.165) is 32.4 Å². The van der Waals surface area contributed by atoms with Gasteiger partial charge in [-0.15, -0.1) is 0 Å². The number of nitrogens with one attached hydrogen (secondary N) is 1. The van der Waals surface area contributed by atoms with Crippen molar-refractivity contribution in [1.29, 1.82) is 0 Å². The first kappa shape index (κ1) is 13.3. The van der Waals surface area contributed by atoms with Gasteiger partial charge < -0.3 is 10.2 Å². The van der Waals surface area contributed by atoms with Crippen LogP contribution in [0.5, 0.6) is 0 Å². The van der Waals surface area contributed by atoms with Crippen molar-refractivity contribution in [1.82, 2.24) is 4.90 Å². The molecule has 0 bridgehead atoms. The highest BCUT2D eigenvalue weighted by Crippen LogP contribution is 2.26. The van der Waals surface area contributed by atoms with Gasteiger partial charge in [-0.25, -0.2) is 0 Å². The summed E-state index contributed by atoms with van der Waals surface area (Å²) < 4.78 is 0. The second-order valence-electron chi connectivity index (χ2n) is 4.59. The molecule has 19 heavy (non-hydrogen) atoms. The van der Waals surface area contributed by atoms with Crippen molar-refractivity contribution in [2.24, 2.45) is 0 Å². The molecule has 0 unspecified atom stereocenters. The molecule has 0 atom stereocenters.